The number of aliphatic hydroxyl groups excluding tert-OH is 1. The first-order chi connectivity index (χ1) is 14.4. The maximum Gasteiger partial charge on any atom is 0.268 e. The highest BCUT2D eigenvalue weighted by Crippen LogP contribution is 2.39. The Morgan fingerprint density at radius 2 is 1.80 bits per heavy atom. The summed E-state index contributed by atoms with van der Waals surface area (Å²) >= 11 is 0. The van der Waals surface area contributed by atoms with Gasteiger partial charge in [0.2, 0.25) is 0 Å². The normalized spacial score (nSPS) is 25.3. The Morgan fingerprint density at radius 3 is 2.60 bits per heavy atom. The van der Waals surface area contributed by atoms with Crippen LogP contribution in [0, 0.1) is 6.92 Å². The summed E-state index contributed by atoms with van der Waals surface area (Å²) in [5.41, 5.74) is 2.93. The lowest BCUT2D eigenvalue weighted by Gasteiger charge is -2.46. The number of fused-ring (bicyclic) bond motifs is 2. The third-order valence-corrected chi connectivity index (χ3v) is 8.50. The van der Waals surface area contributed by atoms with Gasteiger partial charge in [-0.25, -0.2) is 12.4 Å². The zero-order valence-corrected chi connectivity index (χ0v) is 18.1. The van der Waals surface area contributed by atoms with Crippen LogP contribution in [0.3, 0.4) is 0 Å². The number of hydrogen-bond acceptors (Lipinski definition) is 4. The van der Waals surface area contributed by atoms with E-state index in [0.717, 1.165) is 55.1 Å². The molecule has 2 aliphatic heterocycles. The van der Waals surface area contributed by atoms with E-state index in [9.17, 15) is 13.5 Å². The number of hydrogen-bond donors (Lipinski definition) is 1. The highest BCUT2D eigenvalue weighted by molar-refractivity contribution is 7.90. The van der Waals surface area contributed by atoms with E-state index < -0.39 is 10.0 Å². The van der Waals surface area contributed by atoms with Crippen molar-refractivity contribution in [2.24, 2.45) is 0 Å². The zero-order valence-electron chi connectivity index (χ0n) is 17.2. The number of aliphatic hydroxyl groups is 1. The summed E-state index contributed by atoms with van der Waals surface area (Å²) in [5, 5.41) is 11.0. The van der Waals surface area contributed by atoms with Crippen LogP contribution in [-0.2, 0) is 10.0 Å². The van der Waals surface area contributed by atoms with Crippen molar-refractivity contribution < 1.29 is 13.5 Å². The summed E-state index contributed by atoms with van der Waals surface area (Å²) in [6.45, 7) is 2.85. The standard InChI is InChI=1S/C24H28N2O3S/c1-17-5-9-22(10-6-17)30(28,29)26-14-11-18-7-8-19(15-24(18)26)23-4-2-3-20-16-21(27)12-13-25(20)23/h5-11,14-15,20-21,23,27H,2-4,12-13,16H2,1H3. The summed E-state index contributed by atoms with van der Waals surface area (Å²) in [4.78, 5) is 2.83. The van der Waals surface area contributed by atoms with Crippen LogP contribution in [0.15, 0.2) is 59.6 Å². The minimum atomic E-state index is -3.65. The zero-order chi connectivity index (χ0) is 20.9. The number of piperidine rings is 2. The van der Waals surface area contributed by atoms with Crippen LogP contribution in [0.4, 0.5) is 0 Å². The van der Waals surface area contributed by atoms with E-state index in [4.69, 9.17) is 0 Å². The monoisotopic (exact) mass is 424 g/mol. The first kappa shape index (κ1) is 19.8. The highest BCUT2D eigenvalue weighted by atomic mass is 32.2. The Balaban J connectivity index is 1.54. The molecule has 6 heteroatoms. The third-order valence-electron chi connectivity index (χ3n) is 6.79. The second kappa shape index (κ2) is 7.52. The van der Waals surface area contributed by atoms with Gasteiger partial charge in [-0.1, -0.05) is 29.8 Å². The summed E-state index contributed by atoms with van der Waals surface area (Å²) in [5.74, 6) is 0. The van der Waals surface area contributed by atoms with Crippen molar-refractivity contribution in [2.45, 2.75) is 62.1 Å². The SMILES string of the molecule is Cc1ccc(S(=O)(=O)n2ccc3ccc(C4CCCC5CC(O)CCN54)cc32)cc1. The lowest BCUT2D eigenvalue weighted by molar-refractivity contribution is -0.00798. The largest absolute Gasteiger partial charge is 0.393 e. The van der Waals surface area contributed by atoms with Crippen molar-refractivity contribution >= 4 is 20.9 Å². The van der Waals surface area contributed by atoms with E-state index in [-0.39, 0.29) is 12.1 Å². The molecule has 2 aliphatic rings. The molecule has 0 bridgehead atoms. The molecule has 3 unspecified atom stereocenters. The van der Waals surface area contributed by atoms with E-state index in [1.807, 2.05) is 31.2 Å². The predicted octanol–water partition coefficient (Wildman–Crippen LogP) is 4.24. The van der Waals surface area contributed by atoms with Crippen LogP contribution in [0.1, 0.15) is 49.3 Å². The molecule has 158 valence electrons. The van der Waals surface area contributed by atoms with Gasteiger partial charge in [-0.05, 0) is 68.9 Å². The number of nitrogens with zero attached hydrogens (tertiary/aromatic N) is 2. The summed E-state index contributed by atoms with van der Waals surface area (Å²) in [7, 11) is -3.65. The van der Waals surface area contributed by atoms with Crippen LogP contribution in [0.25, 0.3) is 10.9 Å². The van der Waals surface area contributed by atoms with E-state index in [1.54, 1.807) is 18.3 Å². The molecule has 2 fully saturated rings. The van der Waals surface area contributed by atoms with Gasteiger partial charge in [-0.2, -0.15) is 0 Å². The van der Waals surface area contributed by atoms with Gasteiger partial charge in [-0.3, -0.25) is 4.90 Å². The van der Waals surface area contributed by atoms with Crippen LogP contribution in [0.5, 0.6) is 0 Å². The van der Waals surface area contributed by atoms with Gasteiger partial charge in [0.25, 0.3) is 10.0 Å². The Bertz CT molecular complexity index is 1170. The molecule has 5 nitrogen and oxygen atoms in total. The quantitative estimate of drug-likeness (QED) is 0.683. The van der Waals surface area contributed by atoms with Crippen LogP contribution in [0.2, 0.25) is 0 Å². The second-order valence-electron chi connectivity index (χ2n) is 8.76. The molecular weight excluding hydrogens is 396 g/mol. The smallest absolute Gasteiger partial charge is 0.268 e. The Morgan fingerprint density at radius 1 is 1.00 bits per heavy atom. The van der Waals surface area contributed by atoms with Gasteiger partial charge in [0.05, 0.1) is 16.5 Å². The molecule has 0 amide bonds. The predicted molar refractivity (Wildman–Crippen MR) is 118 cm³/mol. The van der Waals surface area contributed by atoms with Crippen LogP contribution in [-0.4, -0.2) is 41.1 Å². The lowest BCUT2D eigenvalue weighted by Crippen LogP contribution is -2.48. The van der Waals surface area contributed by atoms with Gasteiger partial charge in [0.1, 0.15) is 0 Å². The molecule has 2 saturated heterocycles. The average Bonchev–Trinajstić information content (AvgIpc) is 3.17. The number of benzene rings is 2. The molecule has 0 aliphatic carbocycles. The van der Waals surface area contributed by atoms with E-state index in [0.29, 0.717) is 10.9 Å². The van der Waals surface area contributed by atoms with Crippen molar-refractivity contribution in [3.05, 3.63) is 65.9 Å². The lowest BCUT2D eigenvalue weighted by atomic mass is 9.85. The van der Waals surface area contributed by atoms with Crippen molar-refractivity contribution in [1.82, 2.24) is 8.87 Å². The molecule has 0 spiro atoms. The van der Waals surface area contributed by atoms with Crippen molar-refractivity contribution in [3.8, 4) is 0 Å². The highest BCUT2D eigenvalue weighted by Gasteiger charge is 2.36. The minimum absolute atomic E-state index is 0.190. The molecule has 0 saturated carbocycles. The molecule has 3 atom stereocenters. The van der Waals surface area contributed by atoms with Gasteiger partial charge in [-0.15, -0.1) is 0 Å². The summed E-state index contributed by atoms with van der Waals surface area (Å²) in [6, 6.07) is 15.8. The molecule has 3 aromatic rings. The molecule has 1 N–H and O–H groups in total. The van der Waals surface area contributed by atoms with Gasteiger partial charge < -0.3 is 5.11 Å². The van der Waals surface area contributed by atoms with Crippen LogP contribution >= 0.6 is 0 Å². The molecule has 5 rings (SSSR count). The summed E-state index contributed by atoms with van der Waals surface area (Å²) in [6.07, 6.45) is 6.47. The fourth-order valence-corrected chi connectivity index (χ4v) is 6.52. The maximum absolute atomic E-state index is 13.3. The third kappa shape index (κ3) is 3.37. The number of aryl methyl sites for hydroxylation is 1. The topological polar surface area (TPSA) is 62.5 Å². The second-order valence-corrected chi connectivity index (χ2v) is 10.6. The molecule has 1 aromatic heterocycles. The maximum atomic E-state index is 13.3. The van der Waals surface area contributed by atoms with Crippen molar-refractivity contribution in [1.29, 1.82) is 0 Å². The van der Waals surface area contributed by atoms with Crippen molar-refractivity contribution in [2.75, 3.05) is 6.54 Å². The van der Waals surface area contributed by atoms with Gasteiger partial charge in [0, 0.05) is 30.2 Å². The Labute approximate surface area is 178 Å². The molecule has 0 radical (unpaired) electrons. The Hall–Kier alpha value is -2.15. The van der Waals surface area contributed by atoms with Gasteiger partial charge in [0.15, 0.2) is 0 Å². The van der Waals surface area contributed by atoms with E-state index in [1.165, 1.54) is 9.54 Å². The number of aromatic nitrogens is 1. The fourth-order valence-electron chi connectivity index (χ4n) is 5.17. The first-order valence-corrected chi connectivity index (χ1v) is 12.2. The van der Waals surface area contributed by atoms with E-state index in [2.05, 4.69) is 17.0 Å². The minimum Gasteiger partial charge on any atom is -0.393 e. The van der Waals surface area contributed by atoms with Crippen molar-refractivity contribution in [3.63, 3.8) is 0 Å². The molecule has 3 heterocycles. The number of rotatable bonds is 3. The average molecular weight is 425 g/mol. The van der Waals surface area contributed by atoms with Gasteiger partial charge >= 0.3 is 0 Å². The molecule has 30 heavy (non-hydrogen) atoms. The fraction of sp³-hybridized carbons (Fsp3) is 0.417. The molecular formula is C24H28N2O3S. The molecule has 2 aromatic carbocycles. The first-order valence-electron chi connectivity index (χ1n) is 10.8. The Kier molecular flexibility index (Phi) is 4.96. The van der Waals surface area contributed by atoms with E-state index >= 15 is 0 Å². The summed E-state index contributed by atoms with van der Waals surface area (Å²) < 4.78 is 28.0. The van der Waals surface area contributed by atoms with Crippen LogP contribution < -0.4 is 0 Å².